The number of rotatable bonds is 11. The van der Waals surface area contributed by atoms with Crippen molar-refractivity contribution < 1.29 is 19.0 Å². The van der Waals surface area contributed by atoms with Crippen LogP contribution in [0.4, 0.5) is 4.39 Å². The Morgan fingerprint density at radius 3 is 2.58 bits per heavy atom. The standard InChI is InChI=1S/C19H28FNO3/c1-16-21-19(14-22,15-24-16)11-10-17-6-8-18(9-7-17)23-13-5-3-2-4-12-20/h6-9,22H,2-5,10-15H2,1H3. The van der Waals surface area contributed by atoms with Gasteiger partial charge in [-0.05, 0) is 49.8 Å². The summed E-state index contributed by atoms with van der Waals surface area (Å²) in [5.74, 6) is 1.51. The van der Waals surface area contributed by atoms with Crippen LogP contribution in [0.5, 0.6) is 5.75 Å². The molecule has 0 radical (unpaired) electrons. The van der Waals surface area contributed by atoms with Gasteiger partial charge in [-0.15, -0.1) is 0 Å². The summed E-state index contributed by atoms with van der Waals surface area (Å²) >= 11 is 0. The number of nitrogens with zero attached hydrogens (tertiary/aromatic N) is 1. The second kappa shape index (κ2) is 9.62. The van der Waals surface area contributed by atoms with E-state index in [1.165, 1.54) is 5.56 Å². The number of benzene rings is 1. The minimum absolute atomic E-state index is 0.00788. The number of aryl methyl sites for hydroxylation is 1. The summed E-state index contributed by atoms with van der Waals surface area (Å²) in [5, 5.41) is 9.60. The average Bonchev–Trinajstić information content (AvgIpc) is 2.99. The monoisotopic (exact) mass is 337 g/mol. The Hall–Kier alpha value is -1.62. The van der Waals surface area contributed by atoms with E-state index >= 15 is 0 Å². The van der Waals surface area contributed by atoms with E-state index in [9.17, 15) is 9.50 Å². The van der Waals surface area contributed by atoms with E-state index in [2.05, 4.69) is 17.1 Å². The summed E-state index contributed by atoms with van der Waals surface area (Å²) in [6.07, 6.45) is 5.14. The smallest absolute Gasteiger partial charge is 0.180 e. The van der Waals surface area contributed by atoms with Gasteiger partial charge in [0.1, 0.15) is 17.9 Å². The van der Waals surface area contributed by atoms with Crippen LogP contribution in [0.25, 0.3) is 0 Å². The fourth-order valence-corrected chi connectivity index (χ4v) is 2.79. The van der Waals surface area contributed by atoms with Crippen molar-refractivity contribution in [3.05, 3.63) is 29.8 Å². The molecule has 0 aromatic heterocycles. The minimum atomic E-state index is -0.487. The summed E-state index contributed by atoms with van der Waals surface area (Å²) in [6.45, 7) is 2.73. The zero-order valence-electron chi connectivity index (χ0n) is 14.5. The molecule has 24 heavy (non-hydrogen) atoms. The average molecular weight is 337 g/mol. The third kappa shape index (κ3) is 5.78. The molecule has 2 rings (SSSR count). The topological polar surface area (TPSA) is 51.1 Å². The van der Waals surface area contributed by atoms with Crippen LogP contribution in [0, 0.1) is 0 Å². The summed E-state index contributed by atoms with van der Waals surface area (Å²) < 4.78 is 23.1. The lowest BCUT2D eigenvalue weighted by Crippen LogP contribution is -2.33. The van der Waals surface area contributed by atoms with Crippen LogP contribution < -0.4 is 4.74 Å². The van der Waals surface area contributed by atoms with Crippen molar-refractivity contribution in [3.63, 3.8) is 0 Å². The lowest BCUT2D eigenvalue weighted by molar-refractivity contribution is 0.150. The fraction of sp³-hybridized carbons (Fsp3) is 0.632. The third-order valence-electron chi connectivity index (χ3n) is 4.34. The molecule has 1 aromatic rings. The zero-order chi connectivity index (χ0) is 17.3. The quantitative estimate of drug-likeness (QED) is 0.626. The first-order valence-corrected chi connectivity index (χ1v) is 8.75. The highest BCUT2D eigenvalue weighted by molar-refractivity contribution is 5.75. The normalized spacial score (nSPS) is 19.9. The Morgan fingerprint density at radius 1 is 1.21 bits per heavy atom. The third-order valence-corrected chi connectivity index (χ3v) is 4.34. The van der Waals surface area contributed by atoms with E-state index in [0.717, 1.165) is 37.9 Å². The second-order valence-corrected chi connectivity index (χ2v) is 6.40. The predicted molar refractivity (Wildman–Crippen MR) is 93.6 cm³/mol. The SMILES string of the molecule is CC1=NC(CO)(CCc2ccc(OCCCCCCF)cc2)CO1. The van der Waals surface area contributed by atoms with E-state index in [4.69, 9.17) is 9.47 Å². The number of aliphatic imine (C=N–C) groups is 1. The molecule has 1 aliphatic heterocycles. The molecule has 1 unspecified atom stereocenters. The highest BCUT2D eigenvalue weighted by atomic mass is 19.1. The number of halogens is 1. The molecule has 0 aliphatic carbocycles. The van der Waals surface area contributed by atoms with Gasteiger partial charge in [0.2, 0.25) is 0 Å². The molecule has 1 heterocycles. The van der Waals surface area contributed by atoms with Gasteiger partial charge in [-0.25, -0.2) is 4.99 Å². The van der Waals surface area contributed by atoms with Crippen molar-refractivity contribution in [1.82, 2.24) is 0 Å². The summed E-state index contributed by atoms with van der Waals surface area (Å²) in [4.78, 5) is 4.44. The van der Waals surface area contributed by atoms with E-state index in [1.54, 1.807) is 0 Å². The van der Waals surface area contributed by atoms with Gasteiger partial charge in [-0.3, -0.25) is 4.39 Å². The molecular weight excluding hydrogens is 309 g/mol. The molecule has 0 saturated carbocycles. The highest BCUT2D eigenvalue weighted by Crippen LogP contribution is 2.25. The minimum Gasteiger partial charge on any atom is -0.494 e. The van der Waals surface area contributed by atoms with E-state index in [1.807, 2.05) is 19.1 Å². The van der Waals surface area contributed by atoms with E-state index < -0.39 is 5.54 Å². The molecule has 0 spiro atoms. The Morgan fingerprint density at radius 2 is 1.96 bits per heavy atom. The van der Waals surface area contributed by atoms with E-state index in [0.29, 0.717) is 25.5 Å². The molecule has 5 heteroatoms. The van der Waals surface area contributed by atoms with Crippen LogP contribution >= 0.6 is 0 Å². The van der Waals surface area contributed by atoms with Gasteiger partial charge in [0.05, 0.1) is 19.9 Å². The lowest BCUT2D eigenvalue weighted by Gasteiger charge is -2.21. The predicted octanol–water partition coefficient (Wildman–Crippen LogP) is 3.71. The van der Waals surface area contributed by atoms with Gasteiger partial charge in [0.25, 0.3) is 0 Å². The molecule has 0 amide bonds. The van der Waals surface area contributed by atoms with Crippen LogP contribution in [0.1, 0.15) is 44.6 Å². The second-order valence-electron chi connectivity index (χ2n) is 6.40. The number of alkyl halides is 1. The van der Waals surface area contributed by atoms with Crippen LogP contribution in [-0.2, 0) is 11.2 Å². The van der Waals surface area contributed by atoms with Gasteiger partial charge < -0.3 is 14.6 Å². The van der Waals surface area contributed by atoms with Crippen LogP contribution in [-0.4, -0.2) is 43.0 Å². The summed E-state index contributed by atoms with van der Waals surface area (Å²) in [7, 11) is 0. The molecule has 1 N–H and O–H groups in total. The van der Waals surface area contributed by atoms with Gasteiger partial charge in [0.15, 0.2) is 5.90 Å². The van der Waals surface area contributed by atoms with Crippen LogP contribution in [0.3, 0.4) is 0 Å². The number of ether oxygens (including phenoxy) is 2. The Bertz CT molecular complexity index is 518. The number of aliphatic hydroxyl groups excluding tert-OH is 1. The Labute approximate surface area is 143 Å². The van der Waals surface area contributed by atoms with Crippen LogP contribution in [0.2, 0.25) is 0 Å². The Kier molecular flexibility index (Phi) is 7.50. The maximum Gasteiger partial charge on any atom is 0.180 e. The zero-order valence-corrected chi connectivity index (χ0v) is 14.5. The molecule has 1 aromatic carbocycles. The highest BCUT2D eigenvalue weighted by Gasteiger charge is 2.34. The molecular formula is C19H28FNO3. The lowest BCUT2D eigenvalue weighted by atomic mass is 9.94. The van der Waals surface area contributed by atoms with Crippen molar-refractivity contribution in [2.45, 2.75) is 51.0 Å². The molecule has 0 bridgehead atoms. The molecule has 0 fully saturated rings. The largest absolute Gasteiger partial charge is 0.494 e. The first kappa shape index (κ1) is 18.7. The van der Waals surface area contributed by atoms with Gasteiger partial charge in [-0.1, -0.05) is 18.6 Å². The molecule has 1 aliphatic rings. The molecule has 1 atom stereocenters. The van der Waals surface area contributed by atoms with Gasteiger partial charge >= 0.3 is 0 Å². The number of unbranched alkanes of at least 4 members (excludes halogenated alkanes) is 3. The van der Waals surface area contributed by atoms with Crippen molar-refractivity contribution in [3.8, 4) is 5.75 Å². The molecule has 4 nitrogen and oxygen atoms in total. The van der Waals surface area contributed by atoms with Gasteiger partial charge in [0, 0.05) is 6.92 Å². The Balaban J connectivity index is 1.72. The molecule has 0 saturated heterocycles. The van der Waals surface area contributed by atoms with Crippen molar-refractivity contribution in [2.24, 2.45) is 4.99 Å². The van der Waals surface area contributed by atoms with Gasteiger partial charge in [-0.2, -0.15) is 0 Å². The number of hydrogen-bond acceptors (Lipinski definition) is 4. The first-order valence-electron chi connectivity index (χ1n) is 8.75. The van der Waals surface area contributed by atoms with Crippen molar-refractivity contribution in [1.29, 1.82) is 0 Å². The van der Waals surface area contributed by atoms with Crippen LogP contribution in [0.15, 0.2) is 29.3 Å². The number of hydrogen-bond donors (Lipinski definition) is 1. The summed E-state index contributed by atoms with van der Waals surface area (Å²) in [5.41, 5.74) is 0.705. The van der Waals surface area contributed by atoms with Crippen molar-refractivity contribution >= 4 is 5.90 Å². The maximum absolute atomic E-state index is 12.0. The molecule has 134 valence electrons. The first-order chi connectivity index (χ1) is 11.7. The fourth-order valence-electron chi connectivity index (χ4n) is 2.79. The maximum atomic E-state index is 12.0. The van der Waals surface area contributed by atoms with E-state index in [-0.39, 0.29) is 13.3 Å². The van der Waals surface area contributed by atoms with Crippen molar-refractivity contribution in [2.75, 3.05) is 26.5 Å². The summed E-state index contributed by atoms with van der Waals surface area (Å²) in [6, 6.07) is 8.05. The number of aliphatic hydroxyl groups is 1.